The summed E-state index contributed by atoms with van der Waals surface area (Å²) >= 11 is 0. The van der Waals surface area contributed by atoms with Gasteiger partial charge in [0.2, 0.25) is 0 Å². The van der Waals surface area contributed by atoms with Crippen LogP contribution in [0.3, 0.4) is 0 Å². The normalized spacial score (nSPS) is 12.6. The van der Waals surface area contributed by atoms with Crippen LogP contribution in [0.5, 0.6) is 5.75 Å². The number of nitrogens with one attached hydrogen (secondary N) is 2. The van der Waals surface area contributed by atoms with Gasteiger partial charge in [0.15, 0.2) is 0 Å². The predicted molar refractivity (Wildman–Crippen MR) is 95.6 cm³/mol. The molecule has 0 saturated heterocycles. The molecule has 0 unspecified atom stereocenters. The van der Waals surface area contributed by atoms with Crippen LogP contribution in [0.1, 0.15) is 31.9 Å². The van der Waals surface area contributed by atoms with Crippen LogP contribution in [-0.4, -0.2) is 40.9 Å². The summed E-state index contributed by atoms with van der Waals surface area (Å²) in [7, 11) is 0.700. The molecule has 0 bridgehead atoms. The van der Waals surface area contributed by atoms with E-state index in [1.54, 1.807) is 7.11 Å². The second-order valence-electron chi connectivity index (χ2n) is 6.40. The van der Waals surface area contributed by atoms with Crippen LogP contribution in [0.15, 0.2) is 18.2 Å². The number of carbonyl (C=O) groups excluding carboxylic acids is 1. The predicted octanol–water partition coefficient (Wildman–Crippen LogP) is 2.39. The van der Waals surface area contributed by atoms with Gasteiger partial charge in [0.1, 0.15) is 5.75 Å². The van der Waals surface area contributed by atoms with Gasteiger partial charge in [-0.05, 0) is 51.3 Å². The molecule has 5 nitrogen and oxygen atoms in total. The monoisotopic (exact) mass is 340 g/mol. The van der Waals surface area contributed by atoms with Crippen molar-refractivity contribution in [2.24, 2.45) is 0 Å². The minimum atomic E-state index is -0.952. The molecular formula is C17H28N2O3S. The summed E-state index contributed by atoms with van der Waals surface area (Å²) in [5.74, 6) is 1.32. The van der Waals surface area contributed by atoms with Crippen molar-refractivity contribution in [3.63, 3.8) is 0 Å². The van der Waals surface area contributed by atoms with Crippen LogP contribution in [0, 0.1) is 6.92 Å². The lowest BCUT2D eigenvalue weighted by Crippen LogP contribution is -2.39. The van der Waals surface area contributed by atoms with Crippen molar-refractivity contribution >= 4 is 16.8 Å². The van der Waals surface area contributed by atoms with Gasteiger partial charge in [0, 0.05) is 34.4 Å². The minimum absolute atomic E-state index is 0.227. The molecule has 0 aliphatic rings. The molecule has 1 aromatic carbocycles. The van der Waals surface area contributed by atoms with Gasteiger partial charge >= 0.3 is 6.03 Å². The molecule has 0 aliphatic carbocycles. The molecule has 23 heavy (non-hydrogen) atoms. The zero-order valence-electron chi connectivity index (χ0n) is 14.7. The number of aryl methyl sites for hydroxylation is 1. The molecule has 6 heteroatoms. The number of urea groups is 1. The highest BCUT2D eigenvalue weighted by molar-refractivity contribution is 7.86. The van der Waals surface area contributed by atoms with Gasteiger partial charge in [0.05, 0.1) is 7.11 Å². The summed E-state index contributed by atoms with van der Waals surface area (Å²) in [6.45, 7) is 8.74. The van der Waals surface area contributed by atoms with E-state index in [0.717, 1.165) is 23.3 Å². The number of hydrogen-bond acceptors (Lipinski definition) is 3. The Morgan fingerprint density at radius 2 is 1.87 bits per heavy atom. The highest BCUT2D eigenvalue weighted by Crippen LogP contribution is 2.18. The average Bonchev–Trinajstić information content (AvgIpc) is 2.47. The van der Waals surface area contributed by atoms with E-state index in [2.05, 4.69) is 10.6 Å². The minimum Gasteiger partial charge on any atom is -0.496 e. The Hall–Kier alpha value is -1.56. The molecule has 0 fully saturated rings. The molecule has 1 aromatic rings. The lowest BCUT2D eigenvalue weighted by molar-refractivity contribution is 0.241. The SMILES string of the molecule is COc1cc(CCNC(=O)NCC[S@@](=O)C(C)(C)C)ccc1C. The van der Waals surface area contributed by atoms with Crippen LogP contribution in [0.4, 0.5) is 4.79 Å². The molecular weight excluding hydrogens is 312 g/mol. The Balaban J connectivity index is 2.28. The van der Waals surface area contributed by atoms with Gasteiger partial charge in [-0.1, -0.05) is 12.1 Å². The van der Waals surface area contributed by atoms with Gasteiger partial charge < -0.3 is 15.4 Å². The summed E-state index contributed by atoms with van der Waals surface area (Å²) in [5.41, 5.74) is 2.20. The Morgan fingerprint density at radius 1 is 1.22 bits per heavy atom. The van der Waals surface area contributed by atoms with Crippen LogP contribution in [0.25, 0.3) is 0 Å². The molecule has 0 aromatic heterocycles. The maximum absolute atomic E-state index is 11.9. The van der Waals surface area contributed by atoms with Crippen molar-refractivity contribution in [2.75, 3.05) is 26.0 Å². The summed E-state index contributed by atoms with van der Waals surface area (Å²) in [6.07, 6.45) is 0.734. The second kappa shape index (κ2) is 8.91. The molecule has 0 spiro atoms. The summed E-state index contributed by atoms with van der Waals surface area (Å²) in [4.78, 5) is 11.7. The fourth-order valence-corrected chi connectivity index (χ4v) is 2.87. The molecule has 0 saturated carbocycles. The first-order chi connectivity index (χ1) is 10.7. The molecule has 2 N–H and O–H groups in total. The fraction of sp³-hybridized carbons (Fsp3) is 0.588. The zero-order chi connectivity index (χ0) is 17.5. The largest absolute Gasteiger partial charge is 0.496 e. The molecule has 0 radical (unpaired) electrons. The molecule has 2 amide bonds. The van der Waals surface area contributed by atoms with Crippen LogP contribution in [0.2, 0.25) is 0 Å². The maximum atomic E-state index is 11.9. The topological polar surface area (TPSA) is 67.4 Å². The van der Waals surface area contributed by atoms with Crippen molar-refractivity contribution in [3.05, 3.63) is 29.3 Å². The van der Waals surface area contributed by atoms with E-state index in [4.69, 9.17) is 4.74 Å². The van der Waals surface area contributed by atoms with Gasteiger partial charge in [-0.15, -0.1) is 0 Å². The lowest BCUT2D eigenvalue weighted by atomic mass is 10.1. The molecule has 1 rings (SSSR count). The van der Waals surface area contributed by atoms with E-state index in [1.165, 1.54) is 0 Å². The van der Waals surface area contributed by atoms with Crippen LogP contribution >= 0.6 is 0 Å². The number of amides is 2. The fourth-order valence-electron chi connectivity index (χ4n) is 1.97. The standard InChI is InChI=1S/C17H28N2O3S/c1-13-6-7-14(12-15(13)22-5)8-9-18-16(20)19-10-11-23(21)17(2,3)4/h6-7,12H,8-11H2,1-5H3,(H2,18,19,20)/t23-/m1/s1. The van der Waals surface area contributed by atoms with Crippen LogP contribution < -0.4 is 15.4 Å². The lowest BCUT2D eigenvalue weighted by Gasteiger charge is -2.17. The smallest absolute Gasteiger partial charge is 0.314 e. The Kier molecular flexibility index (Phi) is 7.55. The van der Waals surface area contributed by atoms with Crippen molar-refractivity contribution in [1.82, 2.24) is 10.6 Å². The van der Waals surface area contributed by atoms with Crippen molar-refractivity contribution in [3.8, 4) is 5.75 Å². The molecule has 0 aliphatic heterocycles. The Bertz CT molecular complexity index is 553. The number of benzene rings is 1. The van der Waals surface area contributed by atoms with E-state index in [0.29, 0.717) is 18.8 Å². The Morgan fingerprint density at radius 3 is 2.48 bits per heavy atom. The highest BCUT2D eigenvalue weighted by atomic mass is 32.2. The summed E-state index contributed by atoms with van der Waals surface area (Å²) < 4.78 is 16.9. The van der Waals surface area contributed by atoms with E-state index < -0.39 is 10.8 Å². The van der Waals surface area contributed by atoms with E-state index in [-0.39, 0.29) is 10.8 Å². The number of methoxy groups -OCH3 is 1. The number of ether oxygens (including phenoxy) is 1. The Labute approximate surface area is 141 Å². The third-order valence-electron chi connectivity index (χ3n) is 3.43. The zero-order valence-corrected chi connectivity index (χ0v) is 15.5. The molecule has 0 heterocycles. The van der Waals surface area contributed by atoms with Crippen molar-refractivity contribution in [1.29, 1.82) is 0 Å². The quantitative estimate of drug-likeness (QED) is 0.801. The van der Waals surface area contributed by atoms with E-state index in [1.807, 2.05) is 45.9 Å². The van der Waals surface area contributed by atoms with Gasteiger partial charge in [-0.3, -0.25) is 4.21 Å². The highest BCUT2D eigenvalue weighted by Gasteiger charge is 2.18. The number of rotatable bonds is 7. The molecule has 130 valence electrons. The first-order valence-corrected chi connectivity index (χ1v) is 9.09. The van der Waals surface area contributed by atoms with Crippen molar-refractivity contribution < 1.29 is 13.7 Å². The van der Waals surface area contributed by atoms with Gasteiger partial charge in [-0.25, -0.2) is 4.79 Å². The van der Waals surface area contributed by atoms with Gasteiger partial charge in [0.25, 0.3) is 0 Å². The average molecular weight is 340 g/mol. The third kappa shape index (κ3) is 7.03. The third-order valence-corrected chi connectivity index (χ3v) is 5.37. The van der Waals surface area contributed by atoms with E-state index >= 15 is 0 Å². The number of carbonyl (C=O) groups is 1. The van der Waals surface area contributed by atoms with Crippen LogP contribution in [-0.2, 0) is 17.2 Å². The first-order valence-electron chi connectivity index (χ1n) is 7.77. The maximum Gasteiger partial charge on any atom is 0.314 e. The number of hydrogen-bond donors (Lipinski definition) is 2. The first kappa shape index (κ1) is 19.5. The van der Waals surface area contributed by atoms with Crippen molar-refractivity contribution in [2.45, 2.75) is 38.9 Å². The van der Waals surface area contributed by atoms with Gasteiger partial charge in [-0.2, -0.15) is 0 Å². The summed E-state index contributed by atoms with van der Waals surface area (Å²) in [6, 6.07) is 5.80. The summed E-state index contributed by atoms with van der Waals surface area (Å²) in [5, 5.41) is 5.54. The second-order valence-corrected chi connectivity index (χ2v) is 8.72. The van der Waals surface area contributed by atoms with E-state index in [9.17, 15) is 9.00 Å². The molecule has 1 atom stereocenters.